The molecule has 1 unspecified atom stereocenters. The van der Waals surface area contributed by atoms with Gasteiger partial charge in [-0.2, -0.15) is 11.8 Å². The number of pyridine rings is 1. The Hall–Kier alpha value is -1.26. The third kappa shape index (κ3) is 2.30. The van der Waals surface area contributed by atoms with Crippen molar-refractivity contribution >= 4 is 28.4 Å². The third-order valence-electron chi connectivity index (χ3n) is 3.70. The van der Waals surface area contributed by atoms with Gasteiger partial charge in [-0.25, -0.2) is 0 Å². The van der Waals surface area contributed by atoms with E-state index in [1.54, 1.807) is 0 Å². The van der Waals surface area contributed by atoms with Crippen LogP contribution < -0.4 is 10.6 Å². The quantitative estimate of drug-likeness (QED) is 0.913. The van der Waals surface area contributed by atoms with Crippen molar-refractivity contribution in [3.63, 3.8) is 0 Å². The Morgan fingerprint density at radius 2 is 2.26 bits per heavy atom. The van der Waals surface area contributed by atoms with E-state index in [0.717, 1.165) is 17.6 Å². The van der Waals surface area contributed by atoms with E-state index in [1.807, 2.05) is 24.0 Å². The Kier molecular flexibility index (Phi) is 3.62. The van der Waals surface area contributed by atoms with Crippen molar-refractivity contribution in [2.45, 2.75) is 19.5 Å². The molecule has 0 saturated carbocycles. The van der Waals surface area contributed by atoms with E-state index in [1.165, 1.54) is 22.6 Å². The van der Waals surface area contributed by atoms with Crippen LogP contribution in [0.3, 0.4) is 0 Å². The van der Waals surface area contributed by atoms with Gasteiger partial charge in [0.15, 0.2) is 0 Å². The summed E-state index contributed by atoms with van der Waals surface area (Å²) >= 11 is 2.03. The van der Waals surface area contributed by atoms with Crippen molar-refractivity contribution in [1.29, 1.82) is 0 Å². The van der Waals surface area contributed by atoms with Crippen LogP contribution in [-0.4, -0.2) is 29.1 Å². The van der Waals surface area contributed by atoms with Gasteiger partial charge in [-0.15, -0.1) is 0 Å². The summed E-state index contributed by atoms with van der Waals surface area (Å²) in [5, 5.41) is 1.23. The van der Waals surface area contributed by atoms with E-state index in [9.17, 15) is 0 Å². The van der Waals surface area contributed by atoms with Gasteiger partial charge in [0.05, 0.1) is 11.2 Å². The van der Waals surface area contributed by atoms with Gasteiger partial charge in [0.1, 0.15) is 0 Å². The zero-order chi connectivity index (χ0) is 13.2. The summed E-state index contributed by atoms with van der Waals surface area (Å²) in [6.45, 7) is 3.93. The number of benzene rings is 1. The normalized spacial score (nSPS) is 19.9. The molecule has 1 aliphatic heterocycles. The largest absolute Gasteiger partial charge is 0.366 e. The molecule has 1 fully saturated rings. The summed E-state index contributed by atoms with van der Waals surface area (Å²) in [5.74, 6) is 2.37. The number of nitrogens with two attached hydrogens (primary N) is 1. The molecule has 2 aromatic rings. The Bertz CT molecular complexity index is 585. The Labute approximate surface area is 118 Å². The number of hydrogen-bond acceptors (Lipinski definition) is 4. The lowest BCUT2D eigenvalue weighted by Gasteiger charge is -2.37. The van der Waals surface area contributed by atoms with Crippen molar-refractivity contribution in [3.05, 3.63) is 36.0 Å². The van der Waals surface area contributed by atoms with Gasteiger partial charge >= 0.3 is 0 Å². The molecule has 1 saturated heterocycles. The molecule has 1 aromatic carbocycles. The first kappa shape index (κ1) is 12.8. The van der Waals surface area contributed by atoms with Crippen molar-refractivity contribution in [1.82, 2.24) is 4.98 Å². The summed E-state index contributed by atoms with van der Waals surface area (Å²) in [7, 11) is 0. The highest BCUT2D eigenvalue weighted by Crippen LogP contribution is 2.33. The zero-order valence-electron chi connectivity index (χ0n) is 11.2. The standard InChI is InChI=1S/C15H19N3S/c1-11-10-19-7-6-18(11)15-12(8-16)9-17-14-5-3-2-4-13(14)15/h2-5,9,11H,6-8,10,16H2,1H3. The van der Waals surface area contributed by atoms with E-state index in [0.29, 0.717) is 12.6 Å². The van der Waals surface area contributed by atoms with Gasteiger partial charge < -0.3 is 10.6 Å². The number of hydrogen-bond donors (Lipinski definition) is 1. The summed E-state index contributed by atoms with van der Waals surface area (Å²) in [5.41, 5.74) is 9.42. The zero-order valence-corrected chi connectivity index (χ0v) is 12.0. The van der Waals surface area contributed by atoms with Gasteiger partial charge in [0, 0.05) is 47.8 Å². The lowest BCUT2D eigenvalue weighted by atomic mass is 10.1. The fourth-order valence-electron chi connectivity index (χ4n) is 2.72. The average Bonchev–Trinajstić information content (AvgIpc) is 2.47. The number of para-hydroxylation sites is 1. The second-order valence-electron chi connectivity index (χ2n) is 4.97. The lowest BCUT2D eigenvalue weighted by Crippen LogP contribution is -2.41. The molecule has 0 bridgehead atoms. The van der Waals surface area contributed by atoms with Crippen molar-refractivity contribution in [3.8, 4) is 0 Å². The molecule has 19 heavy (non-hydrogen) atoms. The lowest BCUT2D eigenvalue weighted by molar-refractivity contribution is 0.698. The van der Waals surface area contributed by atoms with Crippen molar-refractivity contribution in [2.24, 2.45) is 5.73 Å². The van der Waals surface area contributed by atoms with E-state index in [4.69, 9.17) is 5.73 Å². The monoisotopic (exact) mass is 273 g/mol. The Morgan fingerprint density at radius 3 is 3.05 bits per heavy atom. The van der Waals surface area contributed by atoms with Gasteiger partial charge in [-0.3, -0.25) is 4.98 Å². The molecule has 4 heteroatoms. The minimum absolute atomic E-state index is 0.545. The minimum atomic E-state index is 0.545. The molecule has 1 atom stereocenters. The highest BCUT2D eigenvalue weighted by Gasteiger charge is 2.23. The number of anilines is 1. The molecule has 1 aromatic heterocycles. The minimum Gasteiger partial charge on any atom is -0.366 e. The van der Waals surface area contributed by atoms with Crippen LogP contribution in [0.25, 0.3) is 10.9 Å². The van der Waals surface area contributed by atoms with E-state index in [2.05, 4.69) is 35.0 Å². The van der Waals surface area contributed by atoms with Crippen LogP contribution in [-0.2, 0) is 6.54 Å². The number of rotatable bonds is 2. The highest BCUT2D eigenvalue weighted by molar-refractivity contribution is 7.99. The second kappa shape index (κ2) is 5.39. The van der Waals surface area contributed by atoms with Gasteiger partial charge in [0.2, 0.25) is 0 Å². The summed E-state index contributed by atoms with van der Waals surface area (Å²) in [6.07, 6.45) is 1.94. The van der Waals surface area contributed by atoms with Crippen molar-refractivity contribution < 1.29 is 0 Å². The smallest absolute Gasteiger partial charge is 0.0723 e. The molecule has 0 aliphatic carbocycles. The molecule has 2 heterocycles. The number of nitrogens with zero attached hydrogens (tertiary/aromatic N) is 2. The van der Waals surface area contributed by atoms with E-state index < -0.39 is 0 Å². The van der Waals surface area contributed by atoms with Crippen LogP contribution >= 0.6 is 11.8 Å². The van der Waals surface area contributed by atoms with Crippen LogP contribution in [0.4, 0.5) is 5.69 Å². The van der Waals surface area contributed by atoms with Crippen LogP contribution in [0, 0.1) is 0 Å². The molecular formula is C15H19N3S. The molecule has 3 nitrogen and oxygen atoms in total. The maximum Gasteiger partial charge on any atom is 0.0723 e. The number of thioether (sulfide) groups is 1. The van der Waals surface area contributed by atoms with Crippen LogP contribution in [0.15, 0.2) is 30.5 Å². The highest BCUT2D eigenvalue weighted by atomic mass is 32.2. The molecule has 2 N–H and O–H groups in total. The Balaban J connectivity index is 2.18. The molecule has 0 spiro atoms. The van der Waals surface area contributed by atoms with Crippen LogP contribution in [0.5, 0.6) is 0 Å². The maximum atomic E-state index is 5.92. The molecule has 1 aliphatic rings. The van der Waals surface area contributed by atoms with E-state index >= 15 is 0 Å². The summed E-state index contributed by atoms with van der Waals surface area (Å²) in [4.78, 5) is 7.02. The Morgan fingerprint density at radius 1 is 1.42 bits per heavy atom. The van der Waals surface area contributed by atoms with Crippen LogP contribution in [0.2, 0.25) is 0 Å². The second-order valence-corrected chi connectivity index (χ2v) is 6.12. The van der Waals surface area contributed by atoms with Crippen LogP contribution in [0.1, 0.15) is 12.5 Å². The molecule has 0 radical (unpaired) electrons. The first-order chi connectivity index (χ1) is 9.31. The van der Waals surface area contributed by atoms with E-state index in [-0.39, 0.29) is 0 Å². The fourth-order valence-corrected chi connectivity index (χ4v) is 3.73. The molecular weight excluding hydrogens is 254 g/mol. The predicted molar refractivity (Wildman–Crippen MR) is 83.8 cm³/mol. The summed E-state index contributed by atoms with van der Waals surface area (Å²) in [6, 6.07) is 8.90. The van der Waals surface area contributed by atoms with Gasteiger partial charge in [-0.1, -0.05) is 18.2 Å². The first-order valence-electron chi connectivity index (χ1n) is 6.72. The number of aromatic nitrogens is 1. The average molecular weight is 273 g/mol. The SMILES string of the molecule is CC1CSCCN1c1c(CN)cnc2ccccc12. The molecule has 3 rings (SSSR count). The maximum absolute atomic E-state index is 5.92. The van der Waals surface area contributed by atoms with Crippen molar-refractivity contribution in [2.75, 3.05) is 23.0 Å². The number of fused-ring (bicyclic) bond motifs is 1. The first-order valence-corrected chi connectivity index (χ1v) is 7.88. The summed E-state index contributed by atoms with van der Waals surface area (Å²) < 4.78 is 0. The predicted octanol–water partition coefficient (Wildman–Crippen LogP) is 2.64. The van der Waals surface area contributed by atoms with Gasteiger partial charge in [-0.05, 0) is 13.0 Å². The molecule has 0 amide bonds. The van der Waals surface area contributed by atoms with Gasteiger partial charge in [0.25, 0.3) is 0 Å². The molecule has 100 valence electrons. The fraction of sp³-hybridized carbons (Fsp3) is 0.400. The topological polar surface area (TPSA) is 42.1 Å². The third-order valence-corrected chi connectivity index (χ3v) is 4.89.